The van der Waals surface area contributed by atoms with Crippen molar-refractivity contribution in [3.63, 3.8) is 0 Å². The Morgan fingerprint density at radius 1 is 1.35 bits per heavy atom. The minimum Gasteiger partial charge on any atom is -0.357 e. The quantitative estimate of drug-likeness (QED) is 0.257. The number of rotatable bonds is 8. The molecule has 7 heteroatoms. The lowest BCUT2D eigenvalue weighted by Gasteiger charge is -2.16. The zero-order valence-electron chi connectivity index (χ0n) is 16.0. The summed E-state index contributed by atoms with van der Waals surface area (Å²) in [4.78, 5) is 6.05. The summed E-state index contributed by atoms with van der Waals surface area (Å²) in [5, 5.41) is 11.0. The first-order valence-electron chi connectivity index (χ1n) is 8.75. The van der Waals surface area contributed by atoms with Crippen LogP contribution in [0.15, 0.2) is 46.5 Å². The van der Waals surface area contributed by atoms with Crippen LogP contribution in [0.3, 0.4) is 0 Å². The Bertz CT molecular complexity index is 673. The van der Waals surface area contributed by atoms with E-state index < -0.39 is 0 Å². The molecular weight excluding hydrogens is 457 g/mol. The first kappa shape index (κ1) is 22.8. The SMILES string of the molecule is CCNC(=NCc1ccc(C)cc1SC)NCC(C)Cn1cccn1.I. The fourth-order valence-corrected chi connectivity index (χ4v) is 3.25. The smallest absolute Gasteiger partial charge is 0.191 e. The van der Waals surface area contributed by atoms with Gasteiger partial charge in [0.05, 0.1) is 6.54 Å². The molecule has 0 saturated heterocycles. The van der Waals surface area contributed by atoms with E-state index in [0.717, 1.165) is 25.6 Å². The van der Waals surface area contributed by atoms with Gasteiger partial charge in [-0.3, -0.25) is 4.68 Å². The maximum Gasteiger partial charge on any atom is 0.191 e. The lowest BCUT2D eigenvalue weighted by Crippen LogP contribution is -2.40. The van der Waals surface area contributed by atoms with Crippen LogP contribution >= 0.6 is 35.7 Å². The summed E-state index contributed by atoms with van der Waals surface area (Å²) in [5.41, 5.74) is 2.55. The van der Waals surface area contributed by atoms with Crippen LogP contribution in [-0.4, -0.2) is 35.1 Å². The standard InChI is InChI=1S/C19H29N5S.HI/c1-5-20-19(21-12-16(3)14-24-10-6-9-23-24)22-13-17-8-7-15(2)11-18(17)25-4;/h6-11,16H,5,12-14H2,1-4H3,(H2,20,21,22);1H. The van der Waals surface area contributed by atoms with Crippen molar-refractivity contribution in [2.75, 3.05) is 19.3 Å². The Labute approximate surface area is 178 Å². The van der Waals surface area contributed by atoms with E-state index in [-0.39, 0.29) is 24.0 Å². The molecule has 0 saturated carbocycles. The predicted octanol–water partition coefficient (Wildman–Crippen LogP) is 3.92. The molecule has 0 spiro atoms. The van der Waals surface area contributed by atoms with Crippen LogP contribution < -0.4 is 10.6 Å². The van der Waals surface area contributed by atoms with Gasteiger partial charge in [0.25, 0.3) is 0 Å². The number of guanidine groups is 1. The highest BCUT2D eigenvalue weighted by Gasteiger charge is 2.06. The van der Waals surface area contributed by atoms with Gasteiger partial charge in [-0.25, -0.2) is 4.99 Å². The van der Waals surface area contributed by atoms with Gasteiger partial charge in [0, 0.05) is 36.9 Å². The molecule has 0 aliphatic carbocycles. The Hall–Kier alpha value is -1.22. The molecule has 2 aromatic rings. The second-order valence-corrected chi connectivity index (χ2v) is 7.07. The monoisotopic (exact) mass is 487 g/mol. The van der Waals surface area contributed by atoms with Crippen molar-refractivity contribution in [1.82, 2.24) is 20.4 Å². The highest BCUT2D eigenvalue weighted by Crippen LogP contribution is 2.22. The van der Waals surface area contributed by atoms with E-state index >= 15 is 0 Å². The van der Waals surface area contributed by atoms with Crippen molar-refractivity contribution in [2.45, 2.75) is 38.8 Å². The van der Waals surface area contributed by atoms with E-state index in [1.54, 1.807) is 11.8 Å². The van der Waals surface area contributed by atoms with Crippen LogP contribution in [0, 0.1) is 12.8 Å². The largest absolute Gasteiger partial charge is 0.357 e. The molecule has 0 aliphatic rings. The fraction of sp³-hybridized carbons (Fsp3) is 0.474. The predicted molar refractivity (Wildman–Crippen MR) is 123 cm³/mol. The van der Waals surface area contributed by atoms with Crippen molar-refractivity contribution in [3.8, 4) is 0 Å². The van der Waals surface area contributed by atoms with Crippen molar-refractivity contribution in [2.24, 2.45) is 10.9 Å². The third kappa shape index (κ3) is 7.57. The summed E-state index contributed by atoms with van der Waals surface area (Å²) in [7, 11) is 0. The number of nitrogens with zero attached hydrogens (tertiary/aromatic N) is 3. The summed E-state index contributed by atoms with van der Waals surface area (Å²) in [5.74, 6) is 1.33. The molecule has 0 aliphatic heterocycles. The Morgan fingerprint density at radius 2 is 2.15 bits per heavy atom. The average molecular weight is 487 g/mol. The van der Waals surface area contributed by atoms with Gasteiger partial charge in [-0.15, -0.1) is 35.7 Å². The highest BCUT2D eigenvalue weighted by molar-refractivity contribution is 14.0. The van der Waals surface area contributed by atoms with Gasteiger partial charge in [0.2, 0.25) is 0 Å². The van der Waals surface area contributed by atoms with Gasteiger partial charge < -0.3 is 10.6 Å². The van der Waals surface area contributed by atoms with Gasteiger partial charge in [0.15, 0.2) is 5.96 Å². The maximum atomic E-state index is 4.75. The molecule has 0 bridgehead atoms. The molecular formula is C19H30IN5S. The van der Waals surface area contributed by atoms with Gasteiger partial charge in [0.1, 0.15) is 0 Å². The molecule has 2 N–H and O–H groups in total. The second kappa shape index (κ2) is 12.2. The number of thioether (sulfide) groups is 1. The van der Waals surface area contributed by atoms with Crippen molar-refractivity contribution in [3.05, 3.63) is 47.8 Å². The van der Waals surface area contributed by atoms with Crippen LogP contribution in [0.25, 0.3) is 0 Å². The molecule has 144 valence electrons. The third-order valence-corrected chi connectivity index (χ3v) is 4.69. The number of aliphatic imine (C=N–C) groups is 1. The van der Waals surface area contributed by atoms with Crippen LogP contribution in [0.1, 0.15) is 25.0 Å². The number of aromatic nitrogens is 2. The van der Waals surface area contributed by atoms with E-state index in [4.69, 9.17) is 4.99 Å². The summed E-state index contributed by atoms with van der Waals surface area (Å²) in [6.45, 7) is 9.71. The molecule has 5 nitrogen and oxygen atoms in total. The first-order valence-corrected chi connectivity index (χ1v) is 9.98. The van der Waals surface area contributed by atoms with Crippen LogP contribution in [0.2, 0.25) is 0 Å². The Morgan fingerprint density at radius 3 is 2.81 bits per heavy atom. The van der Waals surface area contributed by atoms with Gasteiger partial charge >= 0.3 is 0 Å². The van der Waals surface area contributed by atoms with Crippen molar-refractivity contribution < 1.29 is 0 Å². The van der Waals surface area contributed by atoms with Crippen molar-refractivity contribution >= 4 is 41.7 Å². The van der Waals surface area contributed by atoms with Gasteiger partial charge in [-0.2, -0.15) is 5.10 Å². The number of halogens is 1. The van der Waals surface area contributed by atoms with Crippen LogP contribution in [-0.2, 0) is 13.1 Å². The number of hydrogen-bond acceptors (Lipinski definition) is 3. The Balaban J connectivity index is 0.00000338. The molecule has 0 amide bonds. The van der Waals surface area contributed by atoms with Crippen molar-refractivity contribution in [1.29, 1.82) is 0 Å². The van der Waals surface area contributed by atoms with Gasteiger partial charge in [-0.1, -0.05) is 19.1 Å². The van der Waals surface area contributed by atoms with E-state index in [1.165, 1.54) is 16.0 Å². The molecule has 1 unspecified atom stereocenters. The molecule has 0 radical (unpaired) electrons. The number of benzene rings is 1. The summed E-state index contributed by atoms with van der Waals surface area (Å²) in [6.07, 6.45) is 5.93. The molecule has 2 rings (SSSR count). The van der Waals surface area contributed by atoms with E-state index in [0.29, 0.717) is 12.5 Å². The van der Waals surface area contributed by atoms with E-state index in [2.05, 4.69) is 61.0 Å². The first-order chi connectivity index (χ1) is 12.1. The van der Waals surface area contributed by atoms with E-state index in [9.17, 15) is 0 Å². The minimum atomic E-state index is 0. The number of aryl methyl sites for hydroxylation is 1. The lowest BCUT2D eigenvalue weighted by atomic mass is 10.1. The normalized spacial score (nSPS) is 12.4. The maximum absolute atomic E-state index is 4.75. The second-order valence-electron chi connectivity index (χ2n) is 6.22. The number of nitrogens with one attached hydrogen (secondary N) is 2. The topological polar surface area (TPSA) is 54.2 Å². The van der Waals surface area contributed by atoms with E-state index in [1.807, 2.05) is 23.1 Å². The lowest BCUT2D eigenvalue weighted by molar-refractivity contribution is 0.443. The molecule has 1 heterocycles. The third-order valence-electron chi connectivity index (χ3n) is 3.87. The van der Waals surface area contributed by atoms with Crippen LogP contribution in [0.4, 0.5) is 0 Å². The Kier molecular flexibility index (Phi) is 10.7. The molecule has 26 heavy (non-hydrogen) atoms. The molecule has 0 fully saturated rings. The molecule has 1 aromatic heterocycles. The summed E-state index contributed by atoms with van der Waals surface area (Å²) in [6, 6.07) is 8.50. The zero-order chi connectivity index (χ0) is 18.1. The van der Waals surface area contributed by atoms with Gasteiger partial charge in [-0.05, 0) is 49.3 Å². The highest BCUT2D eigenvalue weighted by atomic mass is 127. The zero-order valence-corrected chi connectivity index (χ0v) is 19.2. The molecule has 1 atom stereocenters. The number of hydrogen-bond donors (Lipinski definition) is 2. The summed E-state index contributed by atoms with van der Waals surface area (Å²) >= 11 is 1.78. The molecule has 1 aromatic carbocycles. The van der Waals surface area contributed by atoms with Crippen LogP contribution in [0.5, 0.6) is 0 Å². The fourth-order valence-electron chi connectivity index (χ4n) is 2.55. The minimum absolute atomic E-state index is 0. The summed E-state index contributed by atoms with van der Waals surface area (Å²) < 4.78 is 1.97. The average Bonchev–Trinajstić information content (AvgIpc) is 3.11.